The zero-order valence-electron chi connectivity index (χ0n) is 8.09. The lowest BCUT2D eigenvalue weighted by molar-refractivity contribution is 0.472. The molecule has 1 aromatic heterocycles. The number of benzene rings is 1. The molecule has 0 spiro atoms. The van der Waals surface area contributed by atoms with Gasteiger partial charge in [-0.1, -0.05) is 0 Å². The molecular weight excluding hydrogens is 178 g/mol. The average molecular weight is 189 g/mol. The lowest BCUT2D eigenvalue weighted by atomic mass is 10.0. The number of H-pyrrole nitrogens is 1. The minimum atomic E-state index is -0.120. The molecule has 2 aromatic rings. The zero-order chi connectivity index (χ0) is 10.3. The number of aromatic nitrogens is 1. The molecule has 0 saturated carbocycles. The molecule has 3 nitrogen and oxygen atoms in total. The predicted molar refractivity (Wildman–Crippen MR) is 55.7 cm³/mol. The first-order valence-electron chi connectivity index (χ1n) is 4.42. The minimum Gasteiger partial charge on any atom is -0.508 e. The van der Waals surface area contributed by atoms with E-state index in [0.29, 0.717) is 0 Å². The highest BCUT2D eigenvalue weighted by molar-refractivity contribution is 5.86. The number of hydrogen-bond acceptors (Lipinski definition) is 2. The summed E-state index contributed by atoms with van der Waals surface area (Å²) in [7, 11) is 0. The fourth-order valence-corrected chi connectivity index (χ4v) is 1.62. The molecule has 72 valence electrons. The second kappa shape index (κ2) is 2.87. The molecule has 14 heavy (non-hydrogen) atoms. The molecule has 1 aromatic carbocycles. The Morgan fingerprint density at radius 3 is 2.71 bits per heavy atom. The first-order valence-corrected chi connectivity index (χ1v) is 4.42. The highest BCUT2D eigenvalue weighted by atomic mass is 16.3. The van der Waals surface area contributed by atoms with Crippen molar-refractivity contribution in [2.75, 3.05) is 0 Å². The maximum atomic E-state index is 11.1. The van der Waals surface area contributed by atoms with E-state index < -0.39 is 0 Å². The Labute approximate surface area is 81.0 Å². The van der Waals surface area contributed by atoms with E-state index in [1.165, 1.54) is 6.07 Å². The largest absolute Gasteiger partial charge is 0.508 e. The second-order valence-electron chi connectivity index (χ2n) is 3.45. The van der Waals surface area contributed by atoms with Gasteiger partial charge >= 0.3 is 0 Å². The molecule has 0 aliphatic rings. The number of aryl methyl sites for hydroxylation is 2. The van der Waals surface area contributed by atoms with Gasteiger partial charge in [0.05, 0.1) is 5.52 Å². The normalized spacial score (nSPS) is 10.7. The Kier molecular flexibility index (Phi) is 1.81. The van der Waals surface area contributed by atoms with Gasteiger partial charge in [0.2, 0.25) is 5.56 Å². The Balaban J connectivity index is 3.02. The number of phenolic OH excluding ortho intramolecular Hbond substituents is 1. The molecule has 0 saturated heterocycles. The van der Waals surface area contributed by atoms with Crippen LogP contribution in [0.5, 0.6) is 5.75 Å². The Hall–Kier alpha value is -1.77. The van der Waals surface area contributed by atoms with Crippen molar-refractivity contribution < 1.29 is 5.11 Å². The topological polar surface area (TPSA) is 53.1 Å². The van der Waals surface area contributed by atoms with Crippen LogP contribution >= 0.6 is 0 Å². The molecule has 0 aliphatic heterocycles. The van der Waals surface area contributed by atoms with Gasteiger partial charge in [0.15, 0.2) is 0 Å². The number of aromatic amines is 1. The van der Waals surface area contributed by atoms with Gasteiger partial charge < -0.3 is 10.1 Å². The van der Waals surface area contributed by atoms with E-state index in [-0.39, 0.29) is 11.3 Å². The lowest BCUT2D eigenvalue weighted by Gasteiger charge is -2.06. The van der Waals surface area contributed by atoms with Crippen LogP contribution < -0.4 is 5.56 Å². The van der Waals surface area contributed by atoms with E-state index in [0.717, 1.165) is 22.0 Å². The third kappa shape index (κ3) is 1.18. The van der Waals surface area contributed by atoms with Crippen molar-refractivity contribution in [3.05, 3.63) is 39.7 Å². The maximum absolute atomic E-state index is 11.1. The Morgan fingerprint density at radius 1 is 1.29 bits per heavy atom. The first-order chi connectivity index (χ1) is 6.59. The van der Waals surface area contributed by atoms with Crippen molar-refractivity contribution in [1.29, 1.82) is 0 Å². The summed E-state index contributed by atoms with van der Waals surface area (Å²) in [6.45, 7) is 3.69. The summed E-state index contributed by atoms with van der Waals surface area (Å²) in [6, 6.07) is 4.86. The van der Waals surface area contributed by atoms with E-state index in [9.17, 15) is 9.90 Å². The molecule has 0 atom stereocenters. The van der Waals surface area contributed by atoms with E-state index >= 15 is 0 Å². The molecule has 2 rings (SSSR count). The molecule has 0 fully saturated rings. The zero-order valence-corrected chi connectivity index (χ0v) is 8.09. The SMILES string of the molecule is Cc1c(O)cc(C)c2[nH]c(=O)ccc12. The highest BCUT2D eigenvalue weighted by Gasteiger charge is 2.05. The summed E-state index contributed by atoms with van der Waals surface area (Å²) in [5.41, 5.74) is 2.35. The van der Waals surface area contributed by atoms with Crippen LogP contribution in [0, 0.1) is 13.8 Å². The molecule has 0 unspecified atom stereocenters. The molecule has 1 heterocycles. The smallest absolute Gasteiger partial charge is 0.248 e. The summed E-state index contributed by atoms with van der Waals surface area (Å²) >= 11 is 0. The second-order valence-corrected chi connectivity index (χ2v) is 3.45. The van der Waals surface area contributed by atoms with Gasteiger partial charge in [-0.15, -0.1) is 0 Å². The number of hydrogen-bond donors (Lipinski definition) is 2. The van der Waals surface area contributed by atoms with Crippen molar-refractivity contribution in [3.8, 4) is 5.75 Å². The number of nitrogens with one attached hydrogen (secondary N) is 1. The number of phenols is 1. The molecule has 0 amide bonds. The van der Waals surface area contributed by atoms with Gasteiger partial charge in [-0.2, -0.15) is 0 Å². The number of rotatable bonds is 0. The van der Waals surface area contributed by atoms with Crippen molar-refractivity contribution >= 4 is 10.9 Å². The monoisotopic (exact) mass is 189 g/mol. The van der Waals surface area contributed by atoms with Crippen LogP contribution in [0.25, 0.3) is 10.9 Å². The van der Waals surface area contributed by atoms with Crippen molar-refractivity contribution in [1.82, 2.24) is 4.98 Å². The van der Waals surface area contributed by atoms with Crippen LogP contribution in [-0.4, -0.2) is 10.1 Å². The fraction of sp³-hybridized carbons (Fsp3) is 0.182. The molecule has 0 aliphatic carbocycles. The van der Waals surface area contributed by atoms with Crippen LogP contribution in [0.4, 0.5) is 0 Å². The Bertz CT molecular complexity index is 555. The molecule has 2 N–H and O–H groups in total. The van der Waals surface area contributed by atoms with Crippen LogP contribution in [0.2, 0.25) is 0 Å². The van der Waals surface area contributed by atoms with E-state index in [1.807, 2.05) is 13.8 Å². The van der Waals surface area contributed by atoms with Gasteiger partial charge in [0.1, 0.15) is 5.75 Å². The molecule has 0 radical (unpaired) electrons. The molecule has 3 heteroatoms. The summed E-state index contributed by atoms with van der Waals surface area (Å²) in [6.07, 6.45) is 0. The summed E-state index contributed by atoms with van der Waals surface area (Å²) in [4.78, 5) is 13.9. The van der Waals surface area contributed by atoms with Gasteiger partial charge in [-0.3, -0.25) is 4.79 Å². The maximum Gasteiger partial charge on any atom is 0.248 e. The van der Waals surface area contributed by atoms with Crippen LogP contribution in [0.1, 0.15) is 11.1 Å². The molecule has 0 bridgehead atoms. The highest BCUT2D eigenvalue weighted by Crippen LogP contribution is 2.26. The Morgan fingerprint density at radius 2 is 2.00 bits per heavy atom. The van der Waals surface area contributed by atoms with Gasteiger partial charge in [0.25, 0.3) is 0 Å². The summed E-state index contributed by atoms with van der Waals surface area (Å²) in [5, 5.41) is 10.5. The summed E-state index contributed by atoms with van der Waals surface area (Å²) < 4.78 is 0. The number of fused-ring (bicyclic) bond motifs is 1. The average Bonchev–Trinajstić information content (AvgIpc) is 2.14. The van der Waals surface area contributed by atoms with Crippen LogP contribution in [0.15, 0.2) is 23.0 Å². The van der Waals surface area contributed by atoms with Crippen molar-refractivity contribution in [2.24, 2.45) is 0 Å². The van der Waals surface area contributed by atoms with E-state index in [1.54, 1.807) is 12.1 Å². The van der Waals surface area contributed by atoms with Crippen molar-refractivity contribution in [3.63, 3.8) is 0 Å². The third-order valence-electron chi connectivity index (χ3n) is 2.45. The van der Waals surface area contributed by atoms with Gasteiger partial charge in [-0.25, -0.2) is 0 Å². The van der Waals surface area contributed by atoms with E-state index in [4.69, 9.17) is 0 Å². The number of pyridine rings is 1. The van der Waals surface area contributed by atoms with Crippen LogP contribution in [-0.2, 0) is 0 Å². The predicted octanol–water partition coefficient (Wildman–Crippen LogP) is 1.85. The fourth-order valence-electron chi connectivity index (χ4n) is 1.62. The first kappa shape index (κ1) is 8.81. The van der Waals surface area contributed by atoms with E-state index in [2.05, 4.69) is 4.98 Å². The third-order valence-corrected chi connectivity index (χ3v) is 2.45. The van der Waals surface area contributed by atoms with Gasteiger partial charge in [0, 0.05) is 17.0 Å². The summed E-state index contributed by atoms with van der Waals surface area (Å²) in [5.74, 6) is 0.266. The van der Waals surface area contributed by atoms with Gasteiger partial charge in [-0.05, 0) is 31.5 Å². The van der Waals surface area contributed by atoms with Crippen molar-refractivity contribution in [2.45, 2.75) is 13.8 Å². The molecular formula is C11H11NO2. The van der Waals surface area contributed by atoms with Crippen LogP contribution in [0.3, 0.4) is 0 Å². The number of aromatic hydroxyl groups is 1. The standard InChI is InChI=1S/C11H11NO2/c1-6-5-9(13)7(2)8-3-4-10(14)12-11(6)8/h3-5,13H,1-2H3,(H,12,14). The lowest BCUT2D eigenvalue weighted by Crippen LogP contribution is -2.03. The quantitative estimate of drug-likeness (QED) is 0.664. The minimum absolute atomic E-state index is 0.120.